The Hall–Kier alpha value is -3.28. The van der Waals surface area contributed by atoms with Gasteiger partial charge in [0.05, 0.1) is 5.92 Å². The van der Waals surface area contributed by atoms with Crippen LogP contribution in [-0.2, 0) is 11.3 Å². The lowest BCUT2D eigenvalue weighted by atomic mass is 9.97. The Bertz CT molecular complexity index is 987. The molecule has 0 spiro atoms. The summed E-state index contributed by atoms with van der Waals surface area (Å²) in [6.07, 6.45) is 5.28. The first-order valence-electron chi connectivity index (χ1n) is 10.2. The first-order chi connectivity index (χ1) is 14.6. The third-order valence-corrected chi connectivity index (χ3v) is 5.48. The van der Waals surface area contributed by atoms with Crippen LogP contribution in [0.25, 0.3) is 11.1 Å². The standard InChI is InChI=1S/C24H25FN4O/c1-17-4-6-18(7-5-17)13-26-23(30)20-3-2-12-29(16-20)24-27-14-21(15-28-24)19-8-10-22(25)11-9-19/h4-11,14-15,20H,2-3,12-13,16H2,1H3,(H,26,30)/t20-/m1/s1. The maximum Gasteiger partial charge on any atom is 0.225 e. The van der Waals surface area contributed by atoms with Gasteiger partial charge in [0.2, 0.25) is 11.9 Å². The number of benzene rings is 2. The SMILES string of the molecule is Cc1ccc(CNC(=O)[C@@H]2CCCN(c3ncc(-c4ccc(F)cc4)cn3)C2)cc1. The number of carbonyl (C=O) groups is 1. The van der Waals surface area contributed by atoms with Crippen molar-refractivity contribution >= 4 is 11.9 Å². The zero-order valence-corrected chi connectivity index (χ0v) is 17.0. The van der Waals surface area contributed by atoms with E-state index in [9.17, 15) is 9.18 Å². The van der Waals surface area contributed by atoms with E-state index < -0.39 is 0 Å². The quantitative estimate of drug-likeness (QED) is 0.695. The summed E-state index contributed by atoms with van der Waals surface area (Å²) in [7, 11) is 0. The van der Waals surface area contributed by atoms with Crippen molar-refractivity contribution < 1.29 is 9.18 Å². The van der Waals surface area contributed by atoms with Gasteiger partial charge in [0.1, 0.15) is 5.82 Å². The fraction of sp³-hybridized carbons (Fsp3) is 0.292. The number of rotatable bonds is 5. The first kappa shape index (κ1) is 20.0. The molecule has 3 aromatic rings. The molecule has 4 rings (SSSR count). The van der Waals surface area contributed by atoms with Crippen molar-refractivity contribution in [2.45, 2.75) is 26.3 Å². The van der Waals surface area contributed by atoms with Crippen molar-refractivity contribution in [3.8, 4) is 11.1 Å². The molecule has 154 valence electrons. The van der Waals surface area contributed by atoms with E-state index in [1.807, 2.05) is 19.1 Å². The summed E-state index contributed by atoms with van der Waals surface area (Å²) in [6.45, 7) is 4.03. The van der Waals surface area contributed by atoms with Crippen LogP contribution in [0.1, 0.15) is 24.0 Å². The lowest BCUT2D eigenvalue weighted by Gasteiger charge is -2.32. The number of aryl methyl sites for hydroxylation is 1. The second kappa shape index (κ2) is 9.03. The fourth-order valence-corrected chi connectivity index (χ4v) is 3.69. The number of piperidine rings is 1. The third kappa shape index (κ3) is 4.82. The predicted octanol–water partition coefficient (Wildman–Crippen LogP) is 4.12. The number of amides is 1. The van der Waals surface area contributed by atoms with E-state index in [1.54, 1.807) is 24.5 Å². The van der Waals surface area contributed by atoms with E-state index in [4.69, 9.17) is 0 Å². The third-order valence-electron chi connectivity index (χ3n) is 5.48. The molecule has 0 radical (unpaired) electrons. The summed E-state index contributed by atoms with van der Waals surface area (Å²) in [5, 5.41) is 3.06. The number of nitrogens with zero attached hydrogens (tertiary/aromatic N) is 3. The lowest BCUT2D eigenvalue weighted by molar-refractivity contribution is -0.125. The van der Waals surface area contributed by atoms with E-state index in [0.717, 1.165) is 36.1 Å². The highest BCUT2D eigenvalue weighted by Gasteiger charge is 2.27. The highest BCUT2D eigenvalue weighted by molar-refractivity contribution is 5.79. The van der Waals surface area contributed by atoms with Gasteiger partial charge >= 0.3 is 0 Å². The van der Waals surface area contributed by atoms with E-state index in [1.165, 1.54) is 17.7 Å². The zero-order valence-electron chi connectivity index (χ0n) is 17.0. The van der Waals surface area contributed by atoms with Crippen LogP contribution in [0.3, 0.4) is 0 Å². The summed E-state index contributed by atoms with van der Waals surface area (Å²) < 4.78 is 13.1. The first-order valence-corrected chi connectivity index (χ1v) is 10.2. The predicted molar refractivity (Wildman–Crippen MR) is 115 cm³/mol. The molecule has 2 heterocycles. The van der Waals surface area contributed by atoms with E-state index >= 15 is 0 Å². The Morgan fingerprint density at radius 3 is 2.47 bits per heavy atom. The summed E-state index contributed by atoms with van der Waals surface area (Å²) in [6, 6.07) is 14.5. The monoisotopic (exact) mass is 404 g/mol. The summed E-state index contributed by atoms with van der Waals surface area (Å²) in [5.41, 5.74) is 4.01. The second-order valence-corrected chi connectivity index (χ2v) is 7.77. The maximum absolute atomic E-state index is 13.1. The van der Waals surface area contributed by atoms with Crippen LogP contribution in [0.2, 0.25) is 0 Å². The molecule has 0 unspecified atom stereocenters. The van der Waals surface area contributed by atoms with Gasteiger partial charge in [-0.05, 0) is 43.0 Å². The number of anilines is 1. The summed E-state index contributed by atoms with van der Waals surface area (Å²) in [4.78, 5) is 23.7. The van der Waals surface area contributed by atoms with Crippen molar-refractivity contribution in [2.75, 3.05) is 18.0 Å². The average molecular weight is 404 g/mol. The van der Waals surface area contributed by atoms with Crippen LogP contribution in [0, 0.1) is 18.7 Å². The molecule has 1 atom stereocenters. The molecule has 1 N–H and O–H groups in total. The molecule has 1 aliphatic rings. The van der Waals surface area contributed by atoms with E-state index in [2.05, 4.69) is 32.3 Å². The molecule has 1 fully saturated rings. The molecular weight excluding hydrogens is 379 g/mol. The second-order valence-electron chi connectivity index (χ2n) is 7.77. The zero-order chi connectivity index (χ0) is 20.9. The number of carbonyl (C=O) groups excluding carboxylic acids is 1. The van der Waals surface area contributed by atoms with Crippen LogP contribution < -0.4 is 10.2 Å². The molecule has 1 amide bonds. The van der Waals surface area contributed by atoms with Gasteiger partial charge in [-0.2, -0.15) is 0 Å². The van der Waals surface area contributed by atoms with Crippen molar-refractivity contribution in [1.29, 1.82) is 0 Å². The topological polar surface area (TPSA) is 58.1 Å². The largest absolute Gasteiger partial charge is 0.352 e. The molecule has 1 saturated heterocycles. The highest BCUT2D eigenvalue weighted by Crippen LogP contribution is 2.23. The molecule has 1 aliphatic heterocycles. The fourth-order valence-electron chi connectivity index (χ4n) is 3.69. The van der Waals surface area contributed by atoms with Gasteiger partial charge in [0.15, 0.2) is 0 Å². The molecule has 0 bridgehead atoms. The van der Waals surface area contributed by atoms with Gasteiger partial charge < -0.3 is 10.2 Å². The van der Waals surface area contributed by atoms with Gasteiger partial charge in [-0.1, -0.05) is 42.0 Å². The Balaban J connectivity index is 1.36. The number of aromatic nitrogens is 2. The number of nitrogens with one attached hydrogen (secondary N) is 1. The van der Waals surface area contributed by atoms with Crippen molar-refractivity contribution in [2.24, 2.45) is 5.92 Å². The number of hydrogen-bond acceptors (Lipinski definition) is 4. The molecule has 0 aliphatic carbocycles. The minimum Gasteiger partial charge on any atom is -0.352 e. The number of halogens is 1. The van der Waals surface area contributed by atoms with Crippen molar-refractivity contribution in [3.63, 3.8) is 0 Å². The molecule has 1 aromatic heterocycles. The van der Waals surface area contributed by atoms with Crippen LogP contribution in [-0.4, -0.2) is 29.0 Å². The van der Waals surface area contributed by atoms with E-state index in [-0.39, 0.29) is 17.6 Å². The lowest BCUT2D eigenvalue weighted by Crippen LogP contribution is -2.43. The van der Waals surface area contributed by atoms with Crippen molar-refractivity contribution in [3.05, 3.63) is 77.9 Å². The molecule has 0 saturated carbocycles. The van der Waals surface area contributed by atoms with Crippen molar-refractivity contribution in [1.82, 2.24) is 15.3 Å². The molecular formula is C24H25FN4O. The van der Waals surface area contributed by atoms with Gasteiger partial charge in [-0.15, -0.1) is 0 Å². The Morgan fingerprint density at radius 1 is 1.07 bits per heavy atom. The Morgan fingerprint density at radius 2 is 1.77 bits per heavy atom. The smallest absolute Gasteiger partial charge is 0.225 e. The molecule has 30 heavy (non-hydrogen) atoms. The minimum absolute atomic E-state index is 0.0724. The normalized spacial score (nSPS) is 16.3. The number of hydrogen-bond donors (Lipinski definition) is 1. The maximum atomic E-state index is 13.1. The van der Waals surface area contributed by atoms with Gasteiger partial charge in [0, 0.05) is 37.6 Å². The van der Waals surface area contributed by atoms with Crippen LogP contribution in [0.15, 0.2) is 60.9 Å². The Kier molecular flexibility index (Phi) is 6.02. The molecule has 2 aromatic carbocycles. The minimum atomic E-state index is -0.267. The van der Waals surface area contributed by atoms with Crippen LogP contribution >= 0.6 is 0 Å². The highest BCUT2D eigenvalue weighted by atomic mass is 19.1. The molecule has 5 nitrogen and oxygen atoms in total. The van der Waals surface area contributed by atoms with Crippen LogP contribution in [0.5, 0.6) is 0 Å². The van der Waals surface area contributed by atoms with Gasteiger partial charge in [-0.25, -0.2) is 14.4 Å². The van der Waals surface area contributed by atoms with Crippen LogP contribution in [0.4, 0.5) is 10.3 Å². The Labute approximate surface area is 176 Å². The molecule has 6 heteroatoms. The van der Waals surface area contributed by atoms with Gasteiger partial charge in [0.25, 0.3) is 0 Å². The van der Waals surface area contributed by atoms with E-state index in [0.29, 0.717) is 19.0 Å². The van der Waals surface area contributed by atoms with Gasteiger partial charge in [-0.3, -0.25) is 4.79 Å². The average Bonchev–Trinajstić information content (AvgIpc) is 2.79. The summed E-state index contributed by atoms with van der Waals surface area (Å²) >= 11 is 0. The summed E-state index contributed by atoms with van der Waals surface area (Å²) in [5.74, 6) is 0.348.